The van der Waals surface area contributed by atoms with Crippen molar-refractivity contribution in [1.82, 2.24) is 9.21 Å². The van der Waals surface area contributed by atoms with E-state index in [9.17, 15) is 22.0 Å². The third-order valence-electron chi connectivity index (χ3n) is 4.66. The molecule has 2 aliphatic heterocycles. The van der Waals surface area contributed by atoms with E-state index < -0.39 is 46.3 Å². The molecule has 0 spiro atoms. The standard InChI is InChI=1S/C16H19ClF2N2O4S/c1-11-6-7-21(26(11,23)24)13-8-16(18,19)10-20(9-13)15(22)25-14-4-2-12(17)3-5-14/h2-5,11,13H,6-10H2,1H3/t11-,13+/m0/s1. The number of amides is 1. The fourth-order valence-corrected chi connectivity index (χ4v) is 5.19. The Balaban J connectivity index is 1.75. The Morgan fingerprint density at radius 3 is 2.54 bits per heavy atom. The summed E-state index contributed by atoms with van der Waals surface area (Å²) in [5.41, 5.74) is 0. The van der Waals surface area contributed by atoms with Crippen LogP contribution in [0.5, 0.6) is 5.75 Å². The van der Waals surface area contributed by atoms with Crippen molar-refractivity contribution in [2.75, 3.05) is 19.6 Å². The van der Waals surface area contributed by atoms with Crippen molar-refractivity contribution in [1.29, 1.82) is 0 Å². The topological polar surface area (TPSA) is 66.9 Å². The molecule has 2 fully saturated rings. The molecule has 0 radical (unpaired) electrons. The lowest BCUT2D eigenvalue weighted by Gasteiger charge is -2.40. The lowest BCUT2D eigenvalue weighted by atomic mass is 10.0. The van der Waals surface area contributed by atoms with Crippen molar-refractivity contribution in [3.63, 3.8) is 0 Å². The highest BCUT2D eigenvalue weighted by molar-refractivity contribution is 7.90. The quantitative estimate of drug-likeness (QED) is 0.754. The molecule has 26 heavy (non-hydrogen) atoms. The van der Waals surface area contributed by atoms with Gasteiger partial charge in [-0.15, -0.1) is 0 Å². The van der Waals surface area contributed by atoms with E-state index in [1.807, 2.05) is 0 Å². The molecule has 2 heterocycles. The maximum Gasteiger partial charge on any atom is 0.415 e. The summed E-state index contributed by atoms with van der Waals surface area (Å²) in [7, 11) is -3.62. The summed E-state index contributed by atoms with van der Waals surface area (Å²) in [6.07, 6.45) is -1.16. The summed E-state index contributed by atoms with van der Waals surface area (Å²) in [5, 5.41) is -0.157. The molecule has 144 valence electrons. The van der Waals surface area contributed by atoms with E-state index in [1.54, 1.807) is 6.92 Å². The number of ether oxygens (including phenoxy) is 1. The fraction of sp³-hybridized carbons (Fsp3) is 0.562. The molecule has 0 unspecified atom stereocenters. The van der Waals surface area contributed by atoms with E-state index in [0.717, 1.165) is 9.21 Å². The second-order valence-corrected chi connectivity index (χ2v) is 9.41. The first kappa shape index (κ1) is 19.3. The average Bonchev–Trinajstić information content (AvgIpc) is 2.81. The van der Waals surface area contributed by atoms with Crippen LogP contribution in [0.3, 0.4) is 0 Å². The smallest absolute Gasteiger partial charge is 0.410 e. The van der Waals surface area contributed by atoms with Crippen LogP contribution < -0.4 is 4.74 Å². The number of halogens is 3. The van der Waals surface area contributed by atoms with E-state index >= 15 is 0 Å². The Kier molecular flexibility index (Phi) is 5.15. The van der Waals surface area contributed by atoms with Crippen LogP contribution in [-0.4, -0.2) is 60.6 Å². The summed E-state index contributed by atoms with van der Waals surface area (Å²) in [6, 6.07) is 4.96. The molecule has 1 aromatic rings. The first-order chi connectivity index (χ1) is 12.1. The number of piperidine rings is 1. The van der Waals surface area contributed by atoms with Crippen LogP contribution in [0.1, 0.15) is 19.8 Å². The number of alkyl halides is 2. The predicted molar refractivity (Wildman–Crippen MR) is 92.1 cm³/mol. The molecule has 2 aliphatic rings. The number of nitrogens with zero attached hydrogens (tertiary/aromatic N) is 2. The Morgan fingerprint density at radius 2 is 1.96 bits per heavy atom. The number of rotatable bonds is 2. The minimum atomic E-state index is -3.62. The Labute approximate surface area is 155 Å². The lowest BCUT2D eigenvalue weighted by Crippen LogP contribution is -2.57. The van der Waals surface area contributed by atoms with Gasteiger partial charge in [0, 0.05) is 30.6 Å². The van der Waals surface area contributed by atoms with Gasteiger partial charge in [-0.2, -0.15) is 4.31 Å². The van der Waals surface area contributed by atoms with Gasteiger partial charge >= 0.3 is 6.09 Å². The van der Waals surface area contributed by atoms with Crippen molar-refractivity contribution in [2.24, 2.45) is 0 Å². The van der Waals surface area contributed by atoms with Gasteiger partial charge in [0.25, 0.3) is 5.92 Å². The van der Waals surface area contributed by atoms with Crippen molar-refractivity contribution in [3.05, 3.63) is 29.3 Å². The molecule has 0 aliphatic carbocycles. The van der Waals surface area contributed by atoms with Crippen LogP contribution in [0.2, 0.25) is 5.02 Å². The molecule has 1 amide bonds. The van der Waals surface area contributed by atoms with E-state index in [-0.39, 0.29) is 18.8 Å². The van der Waals surface area contributed by atoms with Crippen LogP contribution in [0.15, 0.2) is 24.3 Å². The van der Waals surface area contributed by atoms with Crippen molar-refractivity contribution < 1.29 is 26.7 Å². The molecule has 0 saturated carbocycles. The van der Waals surface area contributed by atoms with Gasteiger partial charge < -0.3 is 9.64 Å². The SMILES string of the molecule is C[C@H]1CCN([C@H]2CN(C(=O)Oc3ccc(Cl)cc3)CC(F)(F)C2)S1(=O)=O. The summed E-state index contributed by atoms with van der Waals surface area (Å²) in [6.45, 7) is 0.806. The van der Waals surface area contributed by atoms with Crippen molar-refractivity contribution in [2.45, 2.75) is 37.0 Å². The number of sulfonamides is 1. The third-order valence-corrected chi connectivity index (χ3v) is 7.30. The molecule has 6 nitrogen and oxygen atoms in total. The van der Waals surface area contributed by atoms with E-state index in [1.165, 1.54) is 24.3 Å². The molecule has 0 N–H and O–H groups in total. The average molecular weight is 409 g/mol. The minimum Gasteiger partial charge on any atom is -0.410 e. The van der Waals surface area contributed by atoms with Gasteiger partial charge in [-0.25, -0.2) is 22.0 Å². The second kappa shape index (κ2) is 6.94. The summed E-state index contributed by atoms with van der Waals surface area (Å²) >= 11 is 5.75. The number of carbonyl (C=O) groups excluding carboxylic acids is 1. The van der Waals surface area contributed by atoms with Gasteiger partial charge in [0.2, 0.25) is 10.0 Å². The highest BCUT2D eigenvalue weighted by Crippen LogP contribution is 2.34. The maximum absolute atomic E-state index is 14.2. The molecule has 2 atom stereocenters. The Morgan fingerprint density at radius 1 is 1.31 bits per heavy atom. The zero-order valence-electron chi connectivity index (χ0n) is 14.1. The van der Waals surface area contributed by atoms with Crippen LogP contribution in [0, 0.1) is 0 Å². The number of carbonyl (C=O) groups is 1. The summed E-state index contributed by atoms with van der Waals surface area (Å²) < 4.78 is 59.2. The molecule has 0 aromatic heterocycles. The molecule has 3 rings (SSSR count). The van der Waals surface area contributed by atoms with Crippen LogP contribution in [0.4, 0.5) is 13.6 Å². The molecule has 0 bridgehead atoms. The zero-order chi connectivity index (χ0) is 19.1. The van der Waals surface area contributed by atoms with E-state index in [0.29, 0.717) is 11.4 Å². The monoisotopic (exact) mass is 408 g/mol. The molecule has 1 aromatic carbocycles. The van der Waals surface area contributed by atoms with Gasteiger partial charge in [0.1, 0.15) is 5.75 Å². The molecular formula is C16H19ClF2N2O4S. The first-order valence-electron chi connectivity index (χ1n) is 8.19. The first-order valence-corrected chi connectivity index (χ1v) is 10.1. The Bertz CT molecular complexity index is 788. The Hall–Kier alpha value is -1.45. The maximum atomic E-state index is 14.2. The van der Waals surface area contributed by atoms with Gasteiger partial charge in [0.15, 0.2) is 0 Å². The van der Waals surface area contributed by atoms with E-state index in [2.05, 4.69) is 0 Å². The normalized spacial score (nSPS) is 28.1. The van der Waals surface area contributed by atoms with Crippen LogP contribution in [0.25, 0.3) is 0 Å². The van der Waals surface area contributed by atoms with Crippen molar-refractivity contribution >= 4 is 27.7 Å². The lowest BCUT2D eigenvalue weighted by molar-refractivity contribution is -0.0760. The molecule has 2 saturated heterocycles. The molecule has 10 heteroatoms. The predicted octanol–water partition coefficient (Wildman–Crippen LogP) is 2.97. The number of benzene rings is 1. The number of likely N-dealkylation sites (tertiary alicyclic amines) is 1. The zero-order valence-corrected chi connectivity index (χ0v) is 15.6. The fourth-order valence-electron chi connectivity index (χ4n) is 3.28. The minimum absolute atomic E-state index is 0.131. The summed E-state index contributed by atoms with van der Waals surface area (Å²) in [5.74, 6) is -3.02. The highest BCUT2D eigenvalue weighted by Gasteiger charge is 2.49. The van der Waals surface area contributed by atoms with E-state index in [4.69, 9.17) is 16.3 Å². The highest BCUT2D eigenvalue weighted by atomic mass is 35.5. The largest absolute Gasteiger partial charge is 0.415 e. The number of hydrogen-bond acceptors (Lipinski definition) is 4. The van der Waals surface area contributed by atoms with Gasteiger partial charge in [-0.3, -0.25) is 0 Å². The summed E-state index contributed by atoms with van der Waals surface area (Å²) in [4.78, 5) is 13.2. The van der Waals surface area contributed by atoms with Crippen molar-refractivity contribution in [3.8, 4) is 5.75 Å². The second-order valence-electron chi connectivity index (χ2n) is 6.67. The number of hydrogen-bond donors (Lipinski definition) is 0. The third kappa shape index (κ3) is 3.94. The van der Waals surface area contributed by atoms with Gasteiger partial charge in [0.05, 0.1) is 11.8 Å². The van der Waals surface area contributed by atoms with Crippen LogP contribution >= 0.6 is 11.6 Å². The van der Waals surface area contributed by atoms with Gasteiger partial charge in [-0.1, -0.05) is 11.6 Å². The van der Waals surface area contributed by atoms with Crippen LogP contribution in [-0.2, 0) is 10.0 Å². The van der Waals surface area contributed by atoms with Gasteiger partial charge in [-0.05, 0) is 37.6 Å². The molecular weight excluding hydrogens is 390 g/mol.